The number of carbonyl (C=O) groups excluding carboxylic acids is 1. The van der Waals surface area contributed by atoms with Gasteiger partial charge in [0.25, 0.3) is 0 Å². The fourth-order valence-electron chi connectivity index (χ4n) is 5.02. The van der Waals surface area contributed by atoms with Gasteiger partial charge < -0.3 is 4.90 Å². The largest absolute Gasteiger partial charge is 2.00 e. The summed E-state index contributed by atoms with van der Waals surface area (Å²) < 4.78 is 0. The van der Waals surface area contributed by atoms with Gasteiger partial charge in [-0.05, 0) is 107 Å². The third-order valence-electron chi connectivity index (χ3n) is 7.21. The predicted octanol–water partition coefficient (Wildman–Crippen LogP) is 6.51. The van der Waals surface area contributed by atoms with E-state index in [4.69, 9.17) is 0 Å². The third kappa shape index (κ3) is 10.4. The molecule has 0 saturated heterocycles. The van der Waals surface area contributed by atoms with Crippen LogP contribution in [0.25, 0.3) is 0 Å². The molecule has 0 heterocycles. The Balaban J connectivity index is 0.000000670. The second-order valence-corrected chi connectivity index (χ2v) is 14.7. The molecule has 2 aliphatic rings. The second-order valence-electron chi connectivity index (χ2n) is 10.1. The van der Waals surface area contributed by atoms with Crippen LogP contribution in [-0.2, 0) is 21.9 Å². The molecule has 4 aromatic carbocycles. The van der Waals surface area contributed by atoms with Crippen molar-refractivity contribution in [3.8, 4) is 0 Å². The normalized spacial score (nSPS) is 14.6. The summed E-state index contributed by atoms with van der Waals surface area (Å²) in [6, 6.07) is 43.1. The van der Waals surface area contributed by atoms with Crippen molar-refractivity contribution in [2.75, 3.05) is 25.4 Å². The van der Waals surface area contributed by atoms with E-state index in [0.717, 1.165) is 31.3 Å². The summed E-state index contributed by atoms with van der Waals surface area (Å²) in [4.78, 5) is 15.8. The van der Waals surface area contributed by atoms with Gasteiger partial charge in [0.1, 0.15) is 0 Å². The van der Waals surface area contributed by atoms with E-state index in [0.29, 0.717) is 0 Å². The first-order valence-corrected chi connectivity index (χ1v) is 17.8. The molecule has 0 atom stereocenters. The van der Waals surface area contributed by atoms with Gasteiger partial charge in [-0.1, -0.05) is 121 Å². The molecule has 1 amide bonds. The zero-order chi connectivity index (χ0) is 29.5. The Kier molecular flexibility index (Phi) is 15.2. The Hall–Kier alpha value is -2.27. The smallest absolute Gasteiger partial charge is 0.341 e. The van der Waals surface area contributed by atoms with Crippen LogP contribution in [0, 0.1) is 63.7 Å². The predicted molar refractivity (Wildman–Crippen MR) is 186 cm³/mol. The molecule has 0 aliphatic heterocycles. The molecule has 4 aromatic rings. The molecule has 2 nitrogen and oxygen atoms in total. The second kappa shape index (κ2) is 19.3. The SMILES string of the molecule is O=C([C]1[CH][CH][CH][CH]1)N(CCP(c1ccccc1)c1ccccc1)CCP(c1ccccc1)c1ccccc1.[CH]1[CH][CH][CH][CH]1.[Fe+2]. The third-order valence-corrected chi connectivity index (χ3v) is 12.2. The molecule has 0 spiro atoms. The van der Waals surface area contributed by atoms with E-state index in [1.807, 2.05) is 57.8 Å². The molecular weight excluding hydrogens is 616 g/mol. The molecule has 0 unspecified atom stereocenters. The summed E-state index contributed by atoms with van der Waals surface area (Å²) in [6.07, 6.45) is 19.6. The van der Waals surface area contributed by atoms with Crippen LogP contribution in [0.1, 0.15) is 0 Å². The molecule has 0 N–H and O–H groups in total. The van der Waals surface area contributed by atoms with E-state index in [-0.39, 0.29) is 23.0 Å². The van der Waals surface area contributed by atoms with Crippen LogP contribution in [-0.4, -0.2) is 36.2 Å². The maximum atomic E-state index is 13.7. The number of rotatable bonds is 11. The van der Waals surface area contributed by atoms with Gasteiger partial charge >= 0.3 is 17.1 Å². The summed E-state index contributed by atoms with van der Waals surface area (Å²) in [7, 11) is -1.14. The Morgan fingerprint density at radius 3 is 1.05 bits per heavy atom. The number of carbonyl (C=O) groups is 1. The fraction of sp³-hybridized carbons (Fsp3) is 0.103. The molecule has 10 radical (unpaired) electrons. The minimum Gasteiger partial charge on any atom is -0.341 e. The van der Waals surface area contributed by atoms with Crippen LogP contribution in [0.5, 0.6) is 0 Å². The molecule has 220 valence electrons. The van der Waals surface area contributed by atoms with Crippen LogP contribution in [0.2, 0.25) is 0 Å². The average Bonchev–Trinajstić information content (AvgIpc) is 3.84. The van der Waals surface area contributed by atoms with E-state index in [2.05, 4.69) is 126 Å². The van der Waals surface area contributed by atoms with Crippen LogP contribution < -0.4 is 21.2 Å². The van der Waals surface area contributed by atoms with Gasteiger partial charge in [0, 0.05) is 13.1 Å². The summed E-state index contributed by atoms with van der Waals surface area (Å²) in [5, 5.41) is 5.41. The standard InChI is InChI=1S/C34H32NOP2.C5H5.Fe/c36-34(29-15-13-14-16-29)35(25-27-37(30-17-5-1-6-18-30)31-19-7-2-8-20-31)26-28-38(32-21-9-3-10-22-32)33-23-11-4-12-24-33;1-2-4-5-3-1;/h1-24H,25-28H2;1-5H;/q;;+2. The van der Waals surface area contributed by atoms with Crippen LogP contribution >= 0.6 is 15.8 Å². The minimum atomic E-state index is -0.568. The minimum absolute atomic E-state index is 0. The maximum absolute atomic E-state index is 13.7. The molecule has 0 bridgehead atoms. The number of hydrogen-bond donors (Lipinski definition) is 0. The zero-order valence-electron chi connectivity index (χ0n) is 24.7. The number of benzene rings is 4. The Morgan fingerprint density at radius 1 is 0.455 bits per heavy atom. The summed E-state index contributed by atoms with van der Waals surface area (Å²) in [6.45, 7) is 1.46. The van der Waals surface area contributed by atoms with Gasteiger partial charge in [-0.25, -0.2) is 0 Å². The number of amides is 1. The van der Waals surface area contributed by atoms with Gasteiger partial charge in [-0.15, -0.1) is 0 Å². The average molecular weight is 654 g/mol. The zero-order valence-corrected chi connectivity index (χ0v) is 27.6. The molecule has 5 heteroatoms. The quantitative estimate of drug-likeness (QED) is 0.134. The van der Waals surface area contributed by atoms with E-state index in [9.17, 15) is 4.79 Å². The fourth-order valence-corrected chi connectivity index (χ4v) is 9.66. The molecule has 0 aromatic heterocycles. The van der Waals surface area contributed by atoms with Crippen molar-refractivity contribution >= 4 is 43.0 Å². The molecule has 2 saturated carbocycles. The van der Waals surface area contributed by atoms with Crippen molar-refractivity contribution in [3.05, 3.63) is 185 Å². The molecular formula is C39H37FeNOP2+2. The van der Waals surface area contributed by atoms with E-state index >= 15 is 0 Å². The van der Waals surface area contributed by atoms with Gasteiger partial charge in [0.15, 0.2) is 0 Å². The van der Waals surface area contributed by atoms with Crippen LogP contribution in [0.4, 0.5) is 0 Å². The monoisotopic (exact) mass is 653 g/mol. The van der Waals surface area contributed by atoms with Gasteiger partial charge in [-0.2, -0.15) is 0 Å². The van der Waals surface area contributed by atoms with Crippen molar-refractivity contribution in [2.45, 2.75) is 0 Å². The van der Waals surface area contributed by atoms with E-state index < -0.39 is 15.8 Å². The topological polar surface area (TPSA) is 20.3 Å². The first-order chi connectivity index (χ1) is 21.3. The number of hydrogen-bond acceptors (Lipinski definition) is 1. The van der Waals surface area contributed by atoms with E-state index in [1.54, 1.807) is 0 Å². The first-order valence-electron chi connectivity index (χ1n) is 14.7. The van der Waals surface area contributed by atoms with Crippen molar-refractivity contribution in [1.82, 2.24) is 4.90 Å². The molecule has 44 heavy (non-hydrogen) atoms. The molecule has 2 fully saturated rings. The Morgan fingerprint density at radius 2 is 0.750 bits per heavy atom. The maximum Gasteiger partial charge on any atom is 2.00 e. The summed E-state index contributed by atoms with van der Waals surface area (Å²) in [5.74, 6) is 0.902. The Labute approximate surface area is 279 Å². The number of nitrogens with zero attached hydrogens (tertiary/aromatic N) is 1. The van der Waals surface area contributed by atoms with Gasteiger partial charge in [-0.3, -0.25) is 4.79 Å². The van der Waals surface area contributed by atoms with Gasteiger partial charge in [0.2, 0.25) is 5.91 Å². The van der Waals surface area contributed by atoms with E-state index in [1.165, 1.54) is 21.2 Å². The Bertz CT molecular complexity index is 1160. The first kappa shape index (κ1) is 34.6. The molecule has 6 rings (SSSR count). The van der Waals surface area contributed by atoms with Crippen molar-refractivity contribution in [1.29, 1.82) is 0 Å². The molecule has 2 aliphatic carbocycles. The van der Waals surface area contributed by atoms with Crippen LogP contribution in [0.15, 0.2) is 121 Å². The van der Waals surface area contributed by atoms with Crippen LogP contribution in [0.3, 0.4) is 0 Å². The van der Waals surface area contributed by atoms with Crippen molar-refractivity contribution in [3.63, 3.8) is 0 Å². The van der Waals surface area contributed by atoms with Gasteiger partial charge in [0.05, 0.1) is 5.92 Å². The summed E-state index contributed by atoms with van der Waals surface area (Å²) >= 11 is 0. The van der Waals surface area contributed by atoms with Crippen molar-refractivity contribution in [2.24, 2.45) is 0 Å². The van der Waals surface area contributed by atoms with Crippen molar-refractivity contribution < 1.29 is 21.9 Å². The summed E-state index contributed by atoms with van der Waals surface area (Å²) in [5.41, 5.74) is 0.